The lowest BCUT2D eigenvalue weighted by Gasteiger charge is -2.14. The van der Waals surface area contributed by atoms with Gasteiger partial charge < -0.3 is 9.47 Å². The molecule has 1 unspecified atom stereocenters. The fourth-order valence-electron chi connectivity index (χ4n) is 5.30. The van der Waals surface area contributed by atoms with E-state index in [2.05, 4.69) is 34.6 Å². The largest absolute Gasteiger partial charge is 0.466 e. The van der Waals surface area contributed by atoms with Crippen LogP contribution in [-0.2, 0) is 19.1 Å². The van der Waals surface area contributed by atoms with Gasteiger partial charge in [-0.15, -0.1) is 0 Å². The Balaban J connectivity index is 3.37. The third-order valence-corrected chi connectivity index (χ3v) is 8.12. The van der Waals surface area contributed by atoms with E-state index < -0.39 is 0 Å². The summed E-state index contributed by atoms with van der Waals surface area (Å²) in [5.74, 6) is 1.60. The molecule has 0 heterocycles. The molecule has 40 heavy (non-hydrogen) atoms. The van der Waals surface area contributed by atoms with E-state index >= 15 is 0 Å². The van der Waals surface area contributed by atoms with Crippen LogP contribution in [0.1, 0.15) is 189 Å². The fraction of sp³-hybridized carbons (Fsp3) is 0.944. The molecule has 0 aliphatic carbocycles. The molecule has 0 amide bonds. The molecule has 0 rings (SSSR count). The summed E-state index contributed by atoms with van der Waals surface area (Å²) in [6, 6.07) is 0. The highest BCUT2D eigenvalue weighted by Gasteiger charge is 2.17. The average molecular weight is 567 g/mol. The Morgan fingerprint density at radius 2 is 0.850 bits per heavy atom. The normalized spacial score (nSPS) is 12.3. The minimum Gasteiger partial charge on any atom is -0.466 e. The van der Waals surface area contributed by atoms with Crippen molar-refractivity contribution >= 4 is 11.9 Å². The van der Waals surface area contributed by atoms with E-state index in [1.165, 1.54) is 89.9 Å². The molecule has 0 aromatic rings. The van der Waals surface area contributed by atoms with Gasteiger partial charge in [0.1, 0.15) is 0 Å². The van der Waals surface area contributed by atoms with Crippen LogP contribution < -0.4 is 0 Å². The zero-order valence-electron chi connectivity index (χ0n) is 27.7. The Morgan fingerprint density at radius 1 is 0.475 bits per heavy atom. The zero-order chi connectivity index (χ0) is 29.7. The second kappa shape index (κ2) is 29.4. The summed E-state index contributed by atoms with van der Waals surface area (Å²) in [5, 5.41) is 0. The van der Waals surface area contributed by atoms with E-state index in [0.29, 0.717) is 19.6 Å². The summed E-state index contributed by atoms with van der Waals surface area (Å²) in [6.07, 6.45) is 28.5. The van der Waals surface area contributed by atoms with Crippen LogP contribution in [0, 0.1) is 17.8 Å². The highest BCUT2D eigenvalue weighted by atomic mass is 16.5. The Hall–Kier alpha value is -1.06. The van der Waals surface area contributed by atoms with Crippen molar-refractivity contribution < 1.29 is 19.1 Å². The van der Waals surface area contributed by atoms with Crippen molar-refractivity contribution in [3.05, 3.63) is 0 Å². The summed E-state index contributed by atoms with van der Waals surface area (Å²) in [5.41, 5.74) is 0. The summed E-state index contributed by atoms with van der Waals surface area (Å²) in [4.78, 5) is 24.1. The van der Waals surface area contributed by atoms with Gasteiger partial charge >= 0.3 is 11.9 Å². The van der Waals surface area contributed by atoms with E-state index in [1.54, 1.807) is 0 Å². The van der Waals surface area contributed by atoms with Gasteiger partial charge in [-0.2, -0.15) is 0 Å². The van der Waals surface area contributed by atoms with Crippen molar-refractivity contribution in [3.8, 4) is 0 Å². The maximum Gasteiger partial charge on any atom is 0.308 e. The molecule has 0 fully saturated rings. The predicted octanol–water partition coefficient (Wildman–Crippen LogP) is 11.4. The summed E-state index contributed by atoms with van der Waals surface area (Å²) >= 11 is 0. The first kappa shape index (κ1) is 38.9. The van der Waals surface area contributed by atoms with Gasteiger partial charge in [0, 0.05) is 6.42 Å². The number of carbonyl (C=O) groups excluding carboxylic acids is 2. The highest BCUT2D eigenvalue weighted by Crippen LogP contribution is 2.18. The van der Waals surface area contributed by atoms with Gasteiger partial charge in [0.2, 0.25) is 0 Å². The molecule has 1 atom stereocenters. The SMILES string of the molecule is CCC(CCCCCCCCCCCCCCCCCC(=O)OCCCCC(C)C)C(=O)OCCCCC(C)C. The van der Waals surface area contributed by atoms with E-state index in [4.69, 9.17) is 9.47 Å². The standard InChI is InChI=1S/C36H70O4/c1-6-34(36(38)40-31-25-23-27-33(4)5)28-20-18-16-14-12-10-8-7-9-11-13-15-17-19-21-29-35(37)39-30-24-22-26-32(2)3/h32-34H,6-31H2,1-5H3. The smallest absolute Gasteiger partial charge is 0.308 e. The number of hydrogen-bond donors (Lipinski definition) is 0. The number of hydrogen-bond acceptors (Lipinski definition) is 4. The molecule has 0 aliphatic rings. The lowest BCUT2D eigenvalue weighted by Crippen LogP contribution is -2.17. The predicted molar refractivity (Wildman–Crippen MR) is 172 cm³/mol. The molecule has 0 saturated carbocycles. The van der Waals surface area contributed by atoms with Crippen molar-refractivity contribution in [2.75, 3.05) is 13.2 Å². The molecule has 4 heteroatoms. The quantitative estimate of drug-likeness (QED) is 0.0641. The fourth-order valence-corrected chi connectivity index (χ4v) is 5.30. The van der Waals surface area contributed by atoms with Crippen LogP contribution in [0.25, 0.3) is 0 Å². The van der Waals surface area contributed by atoms with Crippen LogP contribution in [0.4, 0.5) is 0 Å². The number of carbonyl (C=O) groups is 2. The van der Waals surface area contributed by atoms with Gasteiger partial charge in [-0.25, -0.2) is 0 Å². The Labute approximate surface area is 250 Å². The minimum atomic E-state index is -0.00477. The van der Waals surface area contributed by atoms with E-state index in [1.807, 2.05) is 0 Å². The Kier molecular flexibility index (Phi) is 28.7. The molecule has 0 bridgehead atoms. The van der Waals surface area contributed by atoms with Gasteiger partial charge in [-0.05, 0) is 56.8 Å². The van der Waals surface area contributed by atoms with Crippen LogP contribution in [0.15, 0.2) is 0 Å². The zero-order valence-corrected chi connectivity index (χ0v) is 27.7. The van der Waals surface area contributed by atoms with Crippen molar-refractivity contribution in [1.82, 2.24) is 0 Å². The summed E-state index contributed by atoms with van der Waals surface area (Å²) < 4.78 is 10.9. The third kappa shape index (κ3) is 28.5. The van der Waals surface area contributed by atoms with Crippen molar-refractivity contribution in [2.24, 2.45) is 17.8 Å². The van der Waals surface area contributed by atoms with E-state index in [-0.39, 0.29) is 17.9 Å². The van der Waals surface area contributed by atoms with Crippen molar-refractivity contribution in [2.45, 2.75) is 189 Å². The van der Waals surface area contributed by atoms with Crippen molar-refractivity contribution in [1.29, 1.82) is 0 Å². The minimum absolute atomic E-state index is 0.00477. The molecular formula is C36H70O4. The molecule has 0 aliphatic heterocycles. The molecule has 0 N–H and O–H groups in total. The number of unbranched alkanes of at least 4 members (excludes halogenated alkanes) is 16. The monoisotopic (exact) mass is 567 g/mol. The van der Waals surface area contributed by atoms with Gasteiger partial charge in [-0.3, -0.25) is 9.59 Å². The first-order chi connectivity index (χ1) is 19.4. The summed E-state index contributed by atoms with van der Waals surface area (Å²) in [7, 11) is 0. The number of ether oxygens (including phenoxy) is 2. The second-order valence-electron chi connectivity index (χ2n) is 13.1. The van der Waals surface area contributed by atoms with Gasteiger partial charge in [0.15, 0.2) is 0 Å². The summed E-state index contributed by atoms with van der Waals surface area (Å²) in [6.45, 7) is 12.3. The molecule has 4 nitrogen and oxygen atoms in total. The number of esters is 2. The average Bonchev–Trinajstić information content (AvgIpc) is 2.91. The molecule has 0 radical (unpaired) electrons. The Morgan fingerprint density at radius 3 is 1.27 bits per heavy atom. The molecule has 0 saturated heterocycles. The van der Waals surface area contributed by atoms with Gasteiger partial charge in [0.25, 0.3) is 0 Å². The van der Waals surface area contributed by atoms with Crippen LogP contribution in [0.5, 0.6) is 0 Å². The van der Waals surface area contributed by atoms with Crippen LogP contribution in [0.2, 0.25) is 0 Å². The lowest BCUT2D eigenvalue weighted by atomic mass is 9.97. The maximum atomic E-state index is 12.3. The van der Waals surface area contributed by atoms with Crippen LogP contribution in [-0.4, -0.2) is 25.2 Å². The van der Waals surface area contributed by atoms with Crippen molar-refractivity contribution in [3.63, 3.8) is 0 Å². The third-order valence-electron chi connectivity index (χ3n) is 8.12. The molecular weight excluding hydrogens is 496 g/mol. The molecule has 238 valence electrons. The Bertz CT molecular complexity index is 557. The number of rotatable bonds is 30. The van der Waals surface area contributed by atoms with Gasteiger partial charge in [-0.1, -0.05) is 137 Å². The van der Waals surface area contributed by atoms with Crippen LogP contribution in [0.3, 0.4) is 0 Å². The van der Waals surface area contributed by atoms with Crippen LogP contribution >= 0.6 is 0 Å². The lowest BCUT2D eigenvalue weighted by molar-refractivity contribution is -0.149. The topological polar surface area (TPSA) is 52.6 Å². The molecule has 0 aromatic carbocycles. The molecule has 0 aromatic heterocycles. The highest BCUT2D eigenvalue weighted by molar-refractivity contribution is 5.72. The first-order valence-corrected chi connectivity index (χ1v) is 17.7. The van der Waals surface area contributed by atoms with E-state index in [0.717, 1.165) is 69.6 Å². The second-order valence-corrected chi connectivity index (χ2v) is 13.1. The first-order valence-electron chi connectivity index (χ1n) is 17.7. The van der Waals surface area contributed by atoms with Gasteiger partial charge in [0.05, 0.1) is 19.1 Å². The van der Waals surface area contributed by atoms with E-state index in [9.17, 15) is 9.59 Å². The maximum absolute atomic E-state index is 12.3. The molecule has 0 spiro atoms.